The van der Waals surface area contributed by atoms with Crippen LogP contribution in [0, 0.1) is 5.41 Å². The van der Waals surface area contributed by atoms with Gasteiger partial charge in [0.2, 0.25) is 5.91 Å². The fourth-order valence-corrected chi connectivity index (χ4v) is 1.11. The van der Waals surface area contributed by atoms with Crippen LogP contribution in [0.2, 0.25) is 0 Å². The third kappa shape index (κ3) is 4.73. The molecule has 0 aliphatic carbocycles. The number of carbonyl (C=O) groups is 2. The number of hydrogen-bond donors (Lipinski definition) is 1. The van der Waals surface area contributed by atoms with E-state index in [0.29, 0.717) is 5.69 Å². The minimum atomic E-state index is -0.585. The molecule has 0 bridgehead atoms. The number of amides is 1. The van der Waals surface area contributed by atoms with Gasteiger partial charge in [-0.2, -0.15) is 9.78 Å². The SMILES string of the molecule is CC(C)(C)OC(=O)n1cc(NC(=O)C(C)(C)C)cn1. The molecule has 1 amide bonds. The zero-order valence-corrected chi connectivity index (χ0v) is 12.3. The minimum absolute atomic E-state index is 0.142. The highest BCUT2D eigenvalue weighted by molar-refractivity contribution is 5.94. The molecule has 0 fully saturated rings. The highest BCUT2D eigenvalue weighted by Gasteiger charge is 2.23. The predicted molar refractivity (Wildman–Crippen MR) is 71.9 cm³/mol. The maximum atomic E-state index is 11.8. The van der Waals surface area contributed by atoms with E-state index in [4.69, 9.17) is 4.74 Å². The summed E-state index contributed by atoms with van der Waals surface area (Å²) < 4.78 is 6.22. The highest BCUT2D eigenvalue weighted by Crippen LogP contribution is 2.17. The van der Waals surface area contributed by atoms with Gasteiger partial charge in [0.1, 0.15) is 5.60 Å². The fraction of sp³-hybridized carbons (Fsp3) is 0.615. The summed E-state index contributed by atoms with van der Waals surface area (Å²) in [6, 6.07) is 0. The zero-order chi connectivity index (χ0) is 14.8. The number of aromatic nitrogens is 2. The molecular formula is C13H21N3O3. The van der Waals surface area contributed by atoms with E-state index in [9.17, 15) is 9.59 Å². The molecule has 6 heteroatoms. The number of carbonyl (C=O) groups excluding carboxylic acids is 2. The van der Waals surface area contributed by atoms with Crippen LogP contribution >= 0.6 is 0 Å². The van der Waals surface area contributed by atoms with Crippen molar-refractivity contribution in [1.29, 1.82) is 0 Å². The molecule has 0 atom stereocenters. The number of rotatable bonds is 1. The van der Waals surface area contributed by atoms with Gasteiger partial charge in [0.05, 0.1) is 18.1 Å². The lowest BCUT2D eigenvalue weighted by atomic mass is 9.96. The normalized spacial score (nSPS) is 12.1. The van der Waals surface area contributed by atoms with Crippen molar-refractivity contribution in [3.05, 3.63) is 12.4 Å². The Morgan fingerprint density at radius 3 is 2.26 bits per heavy atom. The molecule has 0 saturated heterocycles. The monoisotopic (exact) mass is 267 g/mol. The predicted octanol–water partition coefficient (Wildman–Crippen LogP) is 2.65. The Hall–Kier alpha value is -1.85. The average molecular weight is 267 g/mol. The van der Waals surface area contributed by atoms with Crippen LogP contribution in [0.1, 0.15) is 41.5 Å². The number of nitrogens with one attached hydrogen (secondary N) is 1. The Kier molecular flexibility index (Phi) is 4.03. The van der Waals surface area contributed by atoms with Gasteiger partial charge in [-0.1, -0.05) is 20.8 Å². The molecule has 6 nitrogen and oxygen atoms in total. The summed E-state index contributed by atoms with van der Waals surface area (Å²) in [5.41, 5.74) is -0.628. The van der Waals surface area contributed by atoms with Gasteiger partial charge >= 0.3 is 6.09 Å². The standard InChI is InChI=1S/C13H21N3O3/c1-12(2,3)10(17)15-9-7-14-16(8-9)11(18)19-13(4,5)6/h7-8H,1-6H3,(H,15,17). The quantitative estimate of drug-likeness (QED) is 0.849. The molecule has 1 aromatic heterocycles. The van der Waals surface area contributed by atoms with Gasteiger partial charge < -0.3 is 10.1 Å². The highest BCUT2D eigenvalue weighted by atomic mass is 16.6. The molecule has 1 N–H and O–H groups in total. The maximum absolute atomic E-state index is 11.8. The number of nitrogens with zero attached hydrogens (tertiary/aromatic N) is 2. The Balaban J connectivity index is 2.73. The summed E-state index contributed by atoms with van der Waals surface area (Å²) in [6.07, 6.45) is 2.26. The molecule has 0 radical (unpaired) electrons. The lowest BCUT2D eigenvalue weighted by molar-refractivity contribution is -0.123. The molecule has 1 rings (SSSR count). The van der Waals surface area contributed by atoms with E-state index in [1.807, 2.05) is 0 Å². The smallest absolute Gasteiger partial charge is 0.435 e. The van der Waals surface area contributed by atoms with Gasteiger partial charge in [-0.05, 0) is 20.8 Å². The molecule has 1 aromatic rings. The summed E-state index contributed by atoms with van der Waals surface area (Å²) in [5, 5.41) is 6.55. The van der Waals surface area contributed by atoms with E-state index >= 15 is 0 Å². The van der Waals surface area contributed by atoms with Crippen LogP contribution in [-0.4, -0.2) is 27.4 Å². The summed E-state index contributed by atoms with van der Waals surface area (Å²) in [5.74, 6) is -0.142. The maximum Gasteiger partial charge on any atom is 0.435 e. The fourth-order valence-electron chi connectivity index (χ4n) is 1.11. The van der Waals surface area contributed by atoms with E-state index in [1.165, 1.54) is 12.4 Å². The van der Waals surface area contributed by atoms with Crippen molar-refractivity contribution in [3.8, 4) is 0 Å². The van der Waals surface area contributed by atoms with Crippen molar-refractivity contribution in [1.82, 2.24) is 9.78 Å². The molecule has 1 heterocycles. The molecule has 0 aromatic carbocycles. The molecule has 0 aliphatic heterocycles. The van der Waals surface area contributed by atoms with E-state index < -0.39 is 17.1 Å². The second-order valence-electron chi connectivity index (χ2n) is 6.36. The van der Waals surface area contributed by atoms with Crippen LogP contribution in [0.3, 0.4) is 0 Å². The third-order valence-corrected chi connectivity index (χ3v) is 2.10. The molecule has 0 spiro atoms. The van der Waals surface area contributed by atoms with Gasteiger partial charge in [-0.25, -0.2) is 4.79 Å². The number of ether oxygens (including phenoxy) is 1. The third-order valence-electron chi connectivity index (χ3n) is 2.10. The first-order valence-corrected chi connectivity index (χ1v) is 6.08. The van der Waals surface area contributed by atoms with Gasteiger partial charge in [-0.15, -0.1) is 0 Å². The van der Waals surface area contributed by atoms with Gasteiger partial charge in [0.15, 0.2) is 0 Å². The van der Waals surface area contributed by atoms with Crippen molar-refractivity contribution < 1.29 is 14.3 Å². The van der Waals surface area contributed by atoms with Crippen molar-refractivity contribution in [2.75, 3.05) is 5.32 Å². The lowest BCUT2D eigenvalue weighted by Crippen LogP contribution is -2.28. The van der Waals surface area contributed by atoms with Crippen molar-refractivity contribution in [3.63, 3.8) is 0 Å². The summed E-state index contributed by atoms with van der Waals surface area (Å²) in [4.78, 5) is 23.5. The molecule has 0 unspecified atom stereocenters. The van der Waals surface area contributed by atoms with Crippen LogP contribution in [-0.2, 0) is 9.53 Å². The van der Waals surface area contributed by atoms with Crippen LogP contribution in [0.4, 0.5) is 10.5 Å². The largest absolute Gasteiger partial charge is 0.442 e. The van der Waals surface area contributed by atoms with Crippen molar-refractivity contribution >= 4 is 17.7 Å². The van der Waals surface area contributed by atoms with E-state index in [2.05, 4.69) is 10.4 Å². The molecule has 0 saturated carbocycles. The first-order valence-electron chi connectivity index (χ1n) is 6.08. The van der Waals surface area contributed by atoms with Gasteiger partial charge in [0.25, 0.3) is 0 Å². The molecular weight excluding hydrogens is 246 g/mol. The van der Waals surface area contributed by atoms with E-state index in [1.54, 1.807) is 41.5 Å². The van der Waals surface area contributed by atoms with E-state index in [-0.39, 0.29) is 5.91 Å². The minimum Gasteiger partial charge on any atom is -0.442 e. The summed E-state index contributed by atoms with van der Waals surface area (Å²) >= 11 is 0. The molecule has 19 heavy (non-hydrogen) atoms. The van der Waals surface area contributed by atoms with Crippen LogP contribution in [0.5, 0.6) is 0 Å². The van der Waals surface area contributed by atoms with Gasteiger partial charge in [0, 0.05) is 5.41 Å². The number of anilines is 1. The first kappa shape index (κ1) is 15.2. The van der Waals surface area contributed by atoms with Crippen molar-refractivity contribution in [2.45, 2.75) is 47.1 Å². The van der Waals surface area contributed by atoms with E-state index in [0.717, 1.165) is 4.68 Å². The van der Waals surface area contributed by atoms with Crippen molar-refractivity contribution in [2.24, 2.45) is 5.41 Å². The Labute approximate surface area is 113 Å². The topological polar surface area (TPSA) is 73.2 Å². The van der Waals surface area contributed by atoms with Crippen LogP contribution < -0.4 is 5.32 Å². The summed E-state index contributed by atoms with van der Waals surface area (Å²) in [7, 11) is 0. The van der Waals surface area contributed by atoms with Crippen LogP contribution in [0.15, 0.2) is 12.4 Å². The Bertz CT molecular complexity index is 478. The van der Waals surface area contributed by atoms with Crippen LogP contribution in [0.25, 0.3) is 0 Å². The Morgan fingerprint density at radius 1 is 1.21 bits per heavy atom. The zero-order valence-electron chi connectivity index (χ0n) is 12.3. The number of hydrogen-bond acceptors (Lipinski definition) is 4. The Morgan fingerprint density at radius 2 is 1.79 bits per heavy atom. The second-order valence-corrected chi connectivity index (χ2v) is 6.36. The van der Waals surface area contributed by atoms with Gasteiger partial charge in [-0.3, -0.25) is 4.79 Å². The second kappa shape index (κ2) is 5.03. The first-order chi connectivity index (χ1) is 8.49. The summed E-state index contributed by atoms with van der Waals surface area (Å²) in [6.45, 7) is 10.7. The molecule has 106 valence electrons. The lowest BCUT2D eigenvalue weighted by Gasteiger charge is -2.18. The molecule has 0 aliphatic rings. The average Bonchev–Trinajstić information content (AvgIpc) is 2.62.